The predicted molar refractivity (Wildman–Crippen MR) is 301 cm³/mol. The molecule has 0 spiro atoms. The summed E-state index contributed by atoms with van der Waals surface area (Å²) in [6.45, 7) is 64.5. The van der Waals surface area contributed by atoms with Gasteiger partial charge in [-0.2, -0.15) is 0 Å². The molecule has 4 atom stereocenters. The normalized spacial score (nSPS) is 13.9. The summed E-state index contributed by atoms with van der Waals surface area (Å²) in [7, 11) is 8.71. The third kappa shape index (κ3) is 62.3. The van der Waals surface area contributed by atoms with Gasteiger partial charge in [0.1, 0.15) is 58.9 Å². The lowest BCUT2D eigenvalue weighted by molar-refractivity contribution is -0.921. The Kier molecular flexibility index (Phi) is 52.5. The van der Waals surface area contributed by atoms with E-state index in [1.54, 1.807) is 6.92 Å². The SMILES string of the molecule is C=C(C)C[N+](C)(C)CCOC(C)C.C=C(C)C[N+](C)(CCO)CCOC(C)C.C=C(C)C[NH+](C)CCOC(C)C.C=C(C)C[NH+](CCO)CCOC(C)C.CCC[N+](CCO)(CCOC(C)C)CC(C)=O. The molecule has 0 radical (unpaired) electrons. The van der Waals surface area contributed by atoms with Gasteiger partial charge in [-0.15, -0.1) is 0 Å². The Hall–Kier alpha value is -1.89. The Morgan fingerprint density at radius 2 is 0.887 bits per heavy atom. The van der Waals surface area contributed by atoms with Crippen molar-refractivity contribution in [2.75, 3.05) is 173 Å². The van der Waals surface area contributed by atoms with Crippen molar-refractivity contribution in [3.8, 4) is 0 Å². The highest BCUT2D eigenvalue weighted by molar-refractivity contribution is 5.76. The van der Waals surface area contributed by atoms with Gasteiger partial charge in [0.2, 0.25) is 0 Å². The monoisotopic (exact) mass is 1020 g/mol. The summed E-state index contributed by atoms with van der Waals surface area (Å²) in [5, 5.41) is 27.1. The van der Waals surface area contributed by atoms with Crippen molar-refractivity contribution < 1.29 is 67.0 Å². The minimum atomic E-state index is 0.120. The van der Waals surface area contributed by atoms with Crippen LogP contribution in [0.25, 0.3) is 0 Å². The molecule has 0 bridgehead atoms. The van der Waals surface area contributed by atoms with Gasteiger partial charge in [-0.1, -0.05) is 33.2 Å². The van der Waals surface area contributed by atoms with Gasteiger partial charge in [-0.25, -0.2) is 0 Å². The Bertz CT molecular complexity index is 1300. The van der Waals surface area contributed by atoms with Crippen LogP contribution in [0, 0.1) is 0 Å². The molecule has 5 N–H and O–H groups in total. The number of nitrogens with one attached hydrogen (secondary N) is 2. The lowest BCUT2D eigenvalue weighted by Gasteiger charge is -2.37. The lowest BCUT2D eigenvalue weighted by Crippen LogP contribution is -3.13. The molecular formula is C57H124N5O9+5. The van der Waals surface area contributed by atoms with Crippen molar-refractivity contribution in [2.45, 2.75) is 148 Å². The number of ether oxygens (including phenoxy) is 5. The van der Waals surface area contributed by atoms with Crippen LogP contribution < -0.4 is 9.80 Å². The topological polar surface area (TPSA) is 133 Å². The number of likely N-dealkylation sites (N-methyl/N-ethyl adjacent to an activating group) is 3. The smallest absolute Gasteiger partial charge is 0.183 e. The van der Waals surface area contributed by atoms with Crippen LogP contribution in [-0.4, -0.2) is 238 Å². The average Bonchev–Trinajstić information content (AvgIpc) is 3.17. The van der Waals surface area contributed by atoms with Gasteiger partial charge in [0.05, 0.1) is 144 Å². The van der Waals surface area contributed by atoms with E-state index in [4.69, 9.17) is 33.9 Å². The van der Waals surface area contributed by atoms with Crippen molar-refractivity contribution in [1.82, 2.24) is 0 Å². The number of carbonyl (C=O) groups is 1. The molecule has 0 aliphatic carbocycles. The van der Waals surface area contributed by atoms with Crippen LogP contribution in [0.15, 0.2) is 48.6 Å². The highest BCUT2D eigenvalue weighted by Crippen LogP contribution is 2.10. The highest BCUT2D eigenvalue weighted by Gasteiger charge is 2.28. The fraction of sp³-hybridized carbons (Fsp3) is 0.842. The lowest BCUT2D eigenvalue weighted by atomic mass is 10.2. The van der Waals surface area contributed by atoms with E-state index in [9.17, 15) is 9.90 Å². The van der Waals surface area contributed by atoms with Crippen molar-refractivity contribution >= 4 is 5.78 Å². The van der Waals surface area contributed by atoms with Gasteiger partial charge in [0.15, 0.2) is 5.78 Å². The predicted octanol–water partition coefficient (Wildman–Crippen LogP) is 5.08. The minimum Gasteiger partial charge on any atom is -0.391 e. The van der Waals surface area contributed by atoms with Crippen LogP contribution in [0.4, 0.5) is 0 Å². The van der Waals surface area contributed by atoms with E-state index in [0.717, 1.165) is 131 Å². The van der Waals surface area contributed by atoms with E-state index < -0.39 is 0 Å². The summed E-state index contributed by atoms with van der Waals surface area (Å²) in [4.78, 5) is 14.2. The molecule has 0 aliphatic rings. The number of hydrogen-bond acceptors (Lipinski definition) is 9. The molecule has 0 aromatic heterocycles. The molecule has 14 nitrogen and oxygen atoms in total. The second kappa shape index (κ2) is 47.8. The van der Waals surface area contributed by atoms with Gasteiger partial charge in [0.25, 0.3) is 0 Å². The Balaban J connectivity index is -0.000000257. The number of aliphatic hydroxyl groups is 3. The molecule has 71 heavy (non-hydrogen) atoms. The van der Waals surface area contributed by atoms with E-state index in [1.165, 1.54) is 20.9 Å². The molecule has 0 aromatic carbocycles. The van der Waals surface area contributed by atoms with Crippen LogP contribution in [-0.2, 0) is 28.5 Å². The van der Waals surface area contributed by atoms with Gasteiger partial charge in [-0.3, -0.25) is 4.79 Å². The van der Waals surface area contributed by atoms with E-state index >= 15 is 0 Å². The second-order valence-corrected chi connectivity index (χ2v) is 22.3. The first-order valence-electron chi connectivity index (χ1n) is 26.9. The molecule has 0 fully saturated rings. The quantitative estimate of drug-likeness (QED) is 0.0425. The fourth-order valence-electron chi connectivity index (χ4n) is 7.63. The molecule has 0 rings (SSSR count). The summed E-state index contributed by atoms with van der Waals surface area (Å²) >= 11 is 0. The minimum absolute atomic E-state index is 0.120. The van der Waals surface area contributed by atoms with Crippen LogP contribution in [0.2, 0.25) is 0 Å². The van der Waals surface area contributed by atoms with Crippen molar-refractivity contribution in [1.29, 1.82) is 0 Å². The maximum Gasteiger partial charge on any atom is 0.183 e. The number of ketones is 1. The molecule has 0 aliphatic heterocycles. The number of Topliss-reactive ketones (excluding diaryl/α,β-unsaturated/α-hetero) is 1. The molecule has 0 saturated heterocycles. The van der Waals surface area contributed by atoms with E-state index in [-0.39, 0.29) is 43.9 Å². The number of carbonyl (C=O) groups excluding carboxylic acids is 1. The van der Waals surface area contributed by atoms with Crippen molar-refractivity contribution in [3.05, 3.63) is 48.6 Å². The first kappa shape index (κ1) is 78.0. The number of hydrogen-bond donors (Lipinski definition) is 5. The second-order valence-electron chi connectivity index (χ2n) is 22.3. The fourth-order valence-corrected chi connectivity index (χ4v) is 7.63. The van der Waals surface area contributed by atoms with E-state index in [1.807, 2.05) is 55.4 Å². The highest BCUT2D eigenvalue weighted by atomic mass is 16.5. The Labute approximate surface area is 440 Å². The first-order chi connectivity index (χ1) is 32.8. The molecule has 0 amide bonds. The van der Waals surface area contributed by atoms with Crippen LogP contribution in [0.3, 0.4) is 0 Å². The van der Waals surface area contributed by atoms with Crippen molar-refractivity contribution in [3.63, 3.8) is 0 Å². The van der Waals surface area contributed by atoms with Gasteiger partial charge in [0, 0.05) is 6.92 Å². The summed E-state index contributed by atoms with van der Waals surface area (Å²) < 4.78 is 29.9. The first-order valence-corrected chi connectivity index (χ1v) is 26.9. The van der Waals surface area contributed by atoms with Gasteiger partial charge < -0.3 is 62.3 Å². The largest absolute Gasteiger partial charge is 0.391 e. The van der Waals surface area contributed by atoms with Crippen molar-refractivity contribution in [2.24, 2.45) is 0 Å². The average molecular weight is 1020 g/mol. The zero-order chi connectivity index (χ0) is 56.2. The maximum absolute atomic E-state index is 11.4. The Morgan fingerprint density at radius 1 is 0.479 bits per heavy atom. The summed E-state index contributed by atoms with van der Waals surface area (Å²) in [5.74, 6) is 0.177. The molecule has 426 valence electrons. The third-order valence-corrected chi connectivity index (χ3v) is 10.6. The third-order valence-electron chi connectivity index (χ3n) is 10.6. The van der Waals surface area contributed by atoms with Crippen LogP contribution >= 0.6 is 0 Å². The van der Waals surface area contributed by atoms with Gasteiger partial charge >= 0.3 is 0 Å². The number of aliphatic hydroxyl groups excluding tert-OH is 3. The van der Waals surface area contributed by atoms with E-state index in [2.05, 4.69) is 103 Å². The molecule has 0 heterocycles. The van der Waals surface area contributed by atoms with Crippen LogP contribution in [0.1, 0.15) is 117 Å². The zero-order valence-electron chi connectivity index (χ0n) is 50.6. The number of rotatable bonds is 38. The molecule has 0 aromatic rings. The molecule has 14 heteroatoms. The standard InChI is InChI=1S/C13H28NO3.C12H26NO2.C11H23NO2.C11H24NO.C10H21NO/c1-5-6-14(7-9-15,11-13(4)16)8-10-17-12(2)3;1-11(2)10-13(5,6-8-14)7-9-15-12(3)4;1-10(2)9-12(5-7-13)6-8-14-11(3)4;1-10(2)9-12(5,6)7-8-13-11(3)4;1-9(2)8-11(5)6-7-12-10(3)4/h12,15H,5-11H2,1-4H3;12,14H,1,6-10H2,2-5H3;11,13H,1,5-9H2,2-4H3;11H,1,7-9H2,2-6H3;10H,1,6-8H2,2-5H3/q2*+1;;+1;/p+2. The summed E-state index contributed by atoms with van der Waals surface area (Å²) in [6, 6.07) is 0. The number of nitrogens with zero attached hydrogens (tertiary/aromatic N) is 3. The molecule has 0 saturated carbocycles. The molecular weight excluding hydrogens is 899 g/mol. The maximum atomic E-state index is 11.4. The van der Waals surface area contributed by atoms with E-state index in [0.29, 0.717) is 36.4 Å². The number of quaternary nitrogens is 5. The van der Waals surface area contributed by atoms with Crippen LogP contribution in [0.5, 0.6) is 0 Å². The summed E-state index contributed by atoms with van der Waals surface area (Å²) in [5.41, 5.74) is 4.76. The summed E-state index contributed by atoms with van der Waals surface area (Å²) in [6.07, 6.45) is 2.47. The zero-order valence-corrected chi connectivity index (χ0v) is 50.6. The van der Waals surface area contributed by atoms with Gasteiger partial charge in [-0.05, 0) is 126 Å². The molecule has 4 unspecified atom stereocenters. The Morgan fingerprint density at radius 3 is 1.25 bits per heavy atom.